The van der Waals surface area contributed by atoms with Crippen LogP contribution in [0.1, 0.15) is 35.5 Å². The molecule has 0 aliphatic rings. The van der Waals surface area contributed by atoms with E-state index in [0.717, 1.165) is 18.5 Å². The van der Waals surface area contributed by atoms with Gasteiger partial charge in [0.05, 0.1) is 11.8 Å². The predicted octanol–water partition coefficient (Wildman–Crippen LogP) is 3.34. The Labute approximate surface area is 107 Å². The van der Waals surface area contributed by atoms with Gasteiger partial charge in [0.2, 0.25) is 0 Å². The van der Waals surface area contributed by atoms with Crippen LogP contribution < -0.4 is 0 Å². The molecule has 1 N–H and O–H groups in total. The first kappa shape index (κ1) is 13.6. The van der Waals surface area contributed by atoms with Gasteiger partial charge in [-0.05, 0) is 12.1 Å². The number of aromatic nitrogens is 1. The summed E-state index contributed by atoms with van der Waals surface area (Å²) in [6.07, 6.45) is -2.02. The maximum atomic E-state index is 12.9. The molecule has 0 aliphatic carbocycles. The van der Waals surface area contributed by atoms with Crippen molar-refractivity contribution in [3.63, 3.8) is 0 Å². The van der Waals surface area contributed by atoms with Gasteiger partial charge in [0.25, 0.3) is 0 Å². The third kappa shape index (κ3) is 2.63. The van der Waals surface area contributed by atoms with Crippen LogP contribution in [0.3, 0.4) is 0 Å². The summed E-state index contributed by atoms with van der Waals surface area (Å²) < 4.78 is 43.7. The van der Waals surface area contributed by atoms with Crippen LogP contribution in [-0.2, 0) is 12.6 Å². The fourth-order valence-corrected chi connectivity index (χ4v) is 1.93. The fourth-order valence-electron chi connectivity index (χ4n) is 1.93. The largest absolute Gasteiger partial charge is 0.469 e. The molecule has 102 valence electrons. The van der Waals surface area contributed by atoms with Crippen LogP contribution in [0.5, 0.6) is 0 Å². The molecule has 2 heterocycles. The van der Waals surface area contributed by atoms with Crippen molar-refractivity contribution in [3.8, 4) is 0 Å². The number of nitrogens with zero attached hydrogens (tertiary/aromatic N) is 1. The van der Waals surface area contributed by atoms with E-state index in [4.69, 9.17) is 4.42 Å². The van der Waals surface area contributed by atoms with Crippen molar-refractivity contribution in [1.29, 1.82) is 0 Å². The molecule has 0 amide bonds. The van der Waals surface area contributed by atoms with Gasteiger partial charge in [0.1, 0.15) is 11.9 Å². The van der Waals surface area contributed by atoms with Crippen molar-refractivity contribution < 1.29 is 22.7 Å². The summed E-state index contributed by atoms with van der Waals surface area (Å²) in [5.74, 6) is 0.462. The molecule has 0 saturated carbocycles. The lowest BCUT2D eigenvalue weighted by molar-refractivity contribution is -0.139. The normalized spacial score (nSPS) is 13.5. The van der Waals surface area contributed by atoms with E-state index in [-0.39, 0.29) is 5.56 Å². The molecule has 0 aromatic carbocycles. The molecule has 3 nitrogen and oxygen atoms in total. The number of rotatable bonds is 3. The summed E-state index contributed by atoms with van der Waals surface area (Å²) in [6, 6.07) is 2.32. The zero-order valence-electron chi connectivity index (χ0n) is 10.1. The second-order valence-electron chi connectivity index (χ2n) is 4.02. The lowest BCUT2D eigenvalue weighted by Gasteiger charge is -2.16. The molecule has 6 heteroatoms. The van der Waals surface area contributed by atoms with Gasteiger partial charge in [-0.1, -0.05) is 6.92 Å². The van der Waals surface area contributed by atoms with Crippen molar-refractivity contribution in [2.45, 2.75) is 25.6 Å². The van der Waals surface area contributed by atoms with E-state index in [2.05, 4.69) is 4.98 Å². The van der Waals surface area contributed by atoms with Crippen molar-refractivity contribution in [3.05, 3.63) is 53.2 Å². The Balaban J connectivity index is 2.48. The standard InChI is InChI=1S/C13H12F3NO2/c1-2-11-8(4-6-19-11)12(18)9-7-17-5-3-10(9)13(14,15)16/h3-7,12,18H,2H2,1H3. The number of hydrogen-bond donors (Lipinski definition) is 1. The third-order valence-corrected chi connectivity index (χ3v) is 2.85. The molecule has 0 radical (unpaired) electrons. The summed E-state index contributed by atoms with van der Waals surface area (Å²) in [6.45, 7) is 1.79. The number of aryl methyl sites for hydroxylation is 1. The zero-order chi connectivity index (χ0) is 14.0. The van der Waals surface area contributed by atoms with Gasteiger partial charge in [-0.25, -0.2) is 0 Å². The van der Waals surface area contributed by atoms with Crippen LogP contribution in [0.2, 0.25) is 0 Å². The van der Waals surface area contributed by atoms with Crippen LogP contribution in [0.4, 0.5) is 13.2 Å². The molecule has 1 unspecified atom stereocenters. The Bertz CT molecular complexity index is 563. The zero-order valence-corrected chi connectivity index (χ0v) is 10.1. The van der Waals surface area contributed by atoms with Crippen LogP contribution in [0, 0.1) is 0 Å². The fraction of sp³-hybridized carbons (Fsp3) is 0.308. The molecule has 19 heavy (non-hydrogen) atoms. The van der Waals surface area contributed by atoms with Crippen LogP contribution >= 0.6 is 0 Å². The second-order valence-corrected chi connectivity index (χ2v) is 4.02. The quantitative estimate of drug-likeness (QED) is 0.931. The third-order valence-electron chi connectivity index (χ3n) is 2.85. The van der Waals surface area contributed by atoms with E-state index < -0.39 is 17.8 Å². The maximum absolute atomic E-state index is 12.9. The van der Waals surface area contributed by atoms with Crippen molar-refractivity contribution in [2.75, 3.05) is 0 Å². The molecule has 0 fully saturated rings. The summed E-state index contributed by atoms with van der Waals surface area (Å²) in [5.41, 5.74) is -0.828. The van der Waals surface area contributed by atoms with E-state index in [0.29, 0.717) is 17.7 Å². The Morgan fingerprint density at radius 2 is 2.05 bits per heavy atom. The molecule has 0 spiro atoms. The highest BCUT2D eigenvalue weighted by Crippen LogP contribution is 2.36. The van der Waals surface area contributed by atoms with Crippen molar-refractivity contribution >= 4 is 0 Å². The molecule has 1 atom stereocenters. The first-order valence-electron chi connectivity index (χ1n) is 5.70. The highest BCUT2D eigenvalue weighted by molar-refractivity contribution is 5.36. The summed E-state index contributed by atoms with van der Waals surface area (Å²) in [7, 11) is 0. The highest BCUT2D eigenvalue weighted by atomic mass is 19.4. The number of furan rings is 1. The number of halogens is 3. The Morgan fingerprint density at radius 1 is 1.32 bits per heavy atom. The highest BCUT2D eigenvalue weighted by Gasteiger charge is 2.35. The van der Waals surface area contributed by atoms with Crippen LogP contribution in [-0.4, -0.2) is 10.1 Å². The van der Waals surface area contributed by atoms with Crippen molar-refractivity contribution in [2.24, 2.45) is 0 Å². The molecular formula is C13H12F3NO2. The van der Waals surface area contributed by atoms with E-state index >= 15 is 0 Å². The number of hydrogen-bond acceptors (Lipinski definition) is 3. The van der Waals surface area contributed by atoms with Gasteiger partial charge in [-0.15, -0.1) is 0 Å². The van der Waals surface area contributed by atoms with Crippen molar-refractivity contribution in [1.82, 2.24) is 4.98 Å². The number of aliphatic hydroxyl groups is 1. The van der Waals surface area contributed by atoms with E-state index in [9.17, 15) is 18.3 Å². The molecule has 2 aromatic heterocycles. The maximum Gasteiger partial charge on any atom is 0.416 e. The summed E-state index contributed by atoms with van der Waals surface area (Å²) in [5, 5.41) is 10.1. The molecule has 0 saturated heterocycles. The second kappa shape index (κ2) is 5.05. The smallest absolute Gasteiger partial charge is 0.416 e. The first-order valence-corrected chi connectivity index (χ1v) is 5.70. The Morgan fingerprint density at radius 3 is 2.68 bits per heavy atom. The van der Waals surface area contributed by atoms with E-state index in [1.807, 2.05) is 0 Å². The number of pyridine rings is 1. The monoisotopic (exact) mass is 271 g/mol. The summed E-state index contributed by atoms with van der Waals surface area (Å²) in [4.78, 5) is 3.65. The summed E-state index contributed by atoms with van der Waals surface area (Å²) >= 11 is 0. The average molecular weight is 271 g/mol. The van der Waals surface area contributed by atoms with E-state index in [1.165, 1.54) is 12.3 Å². The first-order chi connectivity index (χ1) is 8.95. The molecule has 2 rings (SSSR count). The van der Waals surface area contributed by atoms with Gasteiger partial charge < -0.3 is 9.52 Å². The van der Waals surface area contributed by atoms with Gasteiger partial charge in [-0.3, -0.25) is 4.98 Å². The minimum Gasteiger partial charge on any atom is -0.469 e. The average Bonchev–Trinajstić information content (AvgIpc) is 2.85. The lowest BCUT2D eigenvalue weighted by atomic mass is 9.98. The number of alkyl halides is 3. The lowest BCUT2D eigenvalue weighted by Crippen LogP contribution is -2.13. The predicted molar refractivity (Wildman–Crippen MR) is 61.4 cm³/mol. The Kier molecular flexibility index (Phi) is 3.61. The Hall–Kier alpha value is -1.82. The van der Waals surface area contributed by atoms with Crippen LogP contribution in [0.25, 0.3) is 0 Å². The van der Waals surface area contributed by atoms with Gasteiger partial charge in [0.15, 0.2) is 0 Å². The molecule has 0 bridgehead atoms. The molecule has 2 aromatic rings. The van der Waals surface area contributed by atoms with Crippen LogP contribution in [0.15, 0.2) is 35.2 Å². The van der Waals surface area contributed by atoms with Gasteiger partial charge in [-0.2, -0.15) is 13.2 Å². The SMILES string of the molecule is CCc1occc1C(O)c1cnccc1C(F)(F)F. The van der Waals surface area contributed by atoms with Gasteiger partial charge >= 0.3 is 6.18 Å². The number of aliphatic hydroxyl groups excluding tert-OH is 1. The topological polar surface area (TPSA) is 46.3 Å². The molecular weight excluding hydrogens is 259 g/mol. The minimum absolute atomic E-state index is 0.272. The van der Waals surface area contributed by atoms with E-state index in [1.54, 1.807) is 6.92 Å². The minimum atomic E-state index is -4.53. The molecule has 0 aliphatic heterocycles. The van der Waals surface area contributed by atoms with Gasteiger partial charge in [0, 0.05) is 29.9 Å².